The molecule has 0 radical (unpaired) electrons. The van der Waals surface area contributed by atoms with Crippen LogP contribution in [0.2, 0.25) is 0 Å². The molecule has 90 heavy (non-hydrogen) atoms. The Morgan fingerprint density at radius 2 is 0.344 bits per heavy atom. The highest BCUT2D eigenvalue weighted by atomic mass is 16.6. The van der Waals surface area contributed by atoms with Crippen molar-refractivity contribution in [2.75, 3.05) is 13.2 Å². The zero-order chi connectivity index (χ0) is 64.7. The average molecular weight is 1270 g/mol. The SMILES string of the molecule is CCCCCCCCCCCCCCCCCCCCCCCCCCCCCCCCCCCCCCCCCC(=O)OC(CO)COC(=O)CCCCCCCCCCCCCCCCCCCCCCCCCCCCCCCCCCCCCCC. The van der Waals surface area contributed by atoms with E-state index in [-0.39, 0.29) is 25.2 Å². The van der Waals surface area contributed by atoms with Crippen LogP contribution in [0.15, 0.2) is 0 Å². The van der Waals surface area contributed by atoms with Crippen molar-refractivity contribution in [3.63, 3.8) is 0 Å². The number of hydrogen-bond donors (Lipinski definition) is 1. The van der Waals surface area contributed by atoms with Gasteiger partial charge in [-0.05, 0) is 12.8 Å². The van der Waals surface area contributed by atoms with Gasteiger partial charge in [0.15, 0.2) is 6.10 Å². The topological polar surface area (TPSA) is 72.8 Å². The number of unbranched alkanes of at least 4 members (excludes halogenated alkanes) is 74. The van der Waals surface area contributed by atoms with E-state index in [1.807, 2.05) is 0 Å². The molecule has 0 aromatic rings. The number of carbonyl (C=O) groups is 2. The van der Waals surface area contributed by atoms with Crippen molar-refractivity contribution in [2.24, 2.45) is 0 Å². The normalized spacial score (nSPS) is 12.0. The highest BCUT2D eigenvalue weighted by Gasteiger charge is 2.16. The summed E-state index contributed by atoms with van der Waals surface area (Å²) in [5.74, 6) is -0.554. The molecule has 0 aliphatic rings. The molecule has 0 aliphatic carbocycles. The molecule has 0 bridgehead atoms. The lowest BCUT2D eigenvalue weighted by molar-refractivity contribution is -0.161. The predicted octanol–water partition coefficient (Wildman–Crippen LogP) is 29.9. The quantitative estimate of drug-likeness (QED) is 0.0485. The third kappa shape index (κ3) is 79.3. The van der Waals surface area contributed by atoms with Crippen LogP contribution in [0, 0.1) is 0 Å². The molecule has 1 atom stereocenters. The molecule has 0 rings (SSSR count). The second kappa shape index (κ2) is 82.1. The fourth-order valence-corrected chi connectivity index (χ4v) is 14.0. The molecule has 0 aromatic carbocycles. The lowest BCUT2D eigenvalue weighted by atomic mass is 10.0. The Bertz CT molecular complexity index is 1300. The highest BCUT2D eigenvalue weighted by Crippen LogP contribution is 2.22. The van der Waals surface area contributed by atoms with Gasteiger partial charge in [-0.3, -0.25) is 9.59 Å². The molecule has 0 fully saturated rings. The van der Waals surface area contributed by atoms with Crippen molar-refractivity contribution in [2.45, 2.75) is 521 Å². The molecule has 0 amide bonds. The standard InChI is InChI=1S/C85H168O5/c1-3-5-7-9-11-13-15-17-19-21-23-25-27-29-31-33-35-37-39-41-42-44-46-48-50-52-54-56-58-60-62-64-66-68-70-72-74-76-78-80-85(88)90-83(81-86)82-89-84(87)79-77-75-73-71-69-67-65-63-61-59-57-55-53-51-49-47-45-43-40-38-36-34-32-30-28-26-24-22-20-18-16-14-12-10-8-6-4-2/h83,86H,3-82H2,1-2H3. The fraction of sp³-hybridized carbons (Fsp3) is 0.976. The number of ether oxygens (including phenoxy) is 2. The van der Waals surface area contributed by atoms with Gasteiger partial charge in [-0.2, -0.15) is 0 Å². The summed E-state index contributed by atoms with van der Waals surface area (Å²) in [4.78, 5) is 24.7. The number of hydrogen-bond acceptors (Lipinski definition) is 5. The van der Waals surface area contributed by atoms with Crippen LogP contribution in [-0.2, 0) is 19.1 Å². The smallest absolute Gasteiger partial charge is 0.306 e. The van der Waals surface area contributed by atoms with Gasteiger partial charge in [0.1, 0.15) is 6.61 Å². The Morgan fingerprint density at radius 3 is 0.489 bits per heavy atom. The van der Waals surface area contributed by atoms with Crippen LogP contribution in [-0.4, -0.2) is 36.4 Å². The Kier molecular flexibility index (Phi) is 81.1. The fourth-order valence-electron chi connectivity index (χ4n) is 14.0. The molecule has 0 spiro atoms. The van der Waals surface area contributed by atoms with Gasteiger partial charge in [-0.25, -0.2) is 0 Å². The lowest BCUT2D eigenvalue weighted by Gasteiger charge is -2.15. The van der Waals surface area contributed by atoms with Crippen molar-refractivity contribution < 1.29 is 24.2 Å². The van der Waals surface area contributed by atoms with Crippen LogP contribution in [0.5, 0.6) is 0 Å². The van der Waals surface area contributed by atoms with Crippen LogP contribution in [0.25, 0.3) is 0 Å². The van der Waals surface area contributed by atoms with Crippen molar-refractivity contribution in [1.29, 1.82) is 0 Å². The summed E-state index contributed by atoms with van der Waals surface area (Å²) in [6.45, 7) is 4.24. The average Bonchev–Trinajstić information content (AvgIpc) is 3.59. The minimum atomic E-state index is -0.767. The Morgan fingerprint density at radius 1 is 0.211 bits per heavy atom. The monoisotopic (exact) mass is 1270 g/mol. The Labute approximate surface area is 567 Å². The van der Waals surface area contributed by atoms with E-state index in [0.717, 1.165) is 32.1 Å². The van der Waals surface area contributed by atoms with Gasteiger partial charge in [-0.15, -0.1) is 0 Å². The number of aliphatic hydroxyl groups excluding tert-OH is 1. The number of rotatable bonds is 82. The van der Waals surface area contributed by atoms with Gasteiger partial charge >= 0.3 is 11.9 Å². The van der Waals surface area contributed by atoms with Gasteiger partial charge in [0.2, 0.25) is 0 Å². The van der Waals surface area contributed by atoms with Gasteiger partial charge in [0.25, 0.3) is 0 Å². The maximum atomic E-state index is 12.4. The van der Waals surface area contributed by atoms with E-state index in [4.69, 9.17) is 9.47 Å². The molecule has 5 nitrogen and oxygen atoms in total. The van der Waals surface area contributed by atoms with Crippen molar-refractivity contribution >= 4 is 11.9 Å². The molecule has 1 unspecified atom stereocenters. The molecule has 0 aromatic heterocycles. The number of carbonyl (C=O) groups excluding carboxylic acids is 2. The Balaban J connectivity index is 3.32. The summed E-state index contributed by atoms with van der Waals surface area (Å²) >= 11 is 0. The third-order valence-corrected chi connectivity index (χ3v) is 20.4. The largest absolute Gasteiger partial charge is 0.462 e. The molecular weight excluding hydrogens is 1100 g/mol. The summed E-state index contributed by atoms with van der Waals surface area (Å²) in [5.41, 5.74) is 0. The summed E-state index contributed by atoms with van der Waals surface area (Å²) in [6.07, 6.45) is 107. The first-order valence-corrected chi connectivity index (χ1v) is 42.6. The minimum absolute atomic E-state index is 0.0550. The van der Waals surface area contributed by atoms with Gasteiger partial charge in [0.05, 0.1) is 6.61 Å². The summed E-state index contributed by atoms with van der Waals surface area (Å²) in [5, 5.41) is 9.74. The molecule has 5 heteroatoms. The van der Waals surface area contributed by atoms with Crippen molar-refractivity contribution in [1.82, 2.24) is 0 Å². The highest BCUT2D eigenvalue weighted by molar-refractivity contribution is 5.70. The first kappa shape index (κ1) is 88.9. The van der Waals surface area contributed by atoms with E-state index >= 15 is 0 Å². The second-order valence-corrected chi connectivity index (χ2v) is 29.6. The zero-order valence-corrected chi connectivity index (χ0v) is 62.2. The lowest BCUT2D eigenvalue weighted by Crippen LogP contribution is -2.28. The molecular formula is C85H168O5. The van der Waals surface area contributed by atoms with Crippen LogP contribution >= 0.6 is 0 Å². The molecule has 0 saturated carbocycles. The van der Waals surface area contributed by atoms with E-state index in [1.54, 1.807) is 0 Å². The molecule has 0 heterocycles. The molecule has 538 valence electrons. The minimum Gasteiger partial charge on any atom is -0.462 e. The van der Waals surface area contributed by atoms with E-state index < -0.39 is 6.10 Å². The van der Waals surface area contributed by atoms with E-state index in [1.165, 1.54) is 456 Å². The second-order valence-electron chi connectivity index (χ2n) is 29.6. The summed E-state index contributed by atoms with van der Waals surface area (Å²) in [6, 6.07) is 0. The summed E-state index contributed by atoms with van der Waals surface area (Å²) in [7, 11) is 0. The van der Waals surface area contributed by atoms with Crippen molar-refractivity contribution in [3.05, 3.63) is 0 Å². The first-order valence-electron chi connectivity index (χ1n) is 42.6. The summed E-state index contributed by atoms with van der Waals surface area (Å²) < 4.78 is 10.8. The predicted molar refractivity (Wildman–Crippen MR) is 399 cm³/mol. The maximum absolute atomic E-state index is 12.4. The molecule has 0 aliphatic heterocycles. The van der Waals surface area contributed by atoms with E-state index in [9.17, 15) is 14.7 Å². The van der Waals surface area contributed by atoms with Crippen molar-refractivity contribution in [3.8, 4) is 0 Å². The van der Waals surface area contributed by atoms with Crippen LogP contribution in [0.1, 0.15) is 515 Å². The number of esters is 2. The van der Waals surface area contributed by atoms with Gasteiger partial charge in [-0.1, -0.05) is 489 Å². The van der Waals surface area contributed by atoms with Crippen LogP contribution in [0.4, 0.5) is 0 Å². The van der Waals surface area contributed by atoms with Crippen LogP contribution in [0.3, 0.4) is 0 Å². The van der Waals surface area contributed by atoms with Gasteiger partial charge < -0.3 is 14.6 Å². The maximum Gasteiger partial charge on any atom is 0.306 e. The number of aliphatic hydroxyl groups is 1. The zero-order valence-electron chi connectivity index (χ0n) is 62.2. The third-order valence-electron chi connectivity index (χ3n) is 20.4. The Hall–Kier alpha value is -1.10. The molecule has 0 saturated heterocycles. The van der Waals surface area contributed by atoms with E-state index in [0.29, 0.717) is 12.8 Å². The first-order chi connectivity index (χ1) is 44.6. The van der Waals surface area contributed by atoms with Crippen LogP contribution < -0.4 is 0 Å². The van der Waals surface area contributed by atoms with Gasteiger partial charge in [0, 0.05) is 12.8 Å². The van der Waals surface area contributed by atoms with E-state index in [2.05, 4.69) is 13.8 Å². The molecule has 1 N–H and O–H groups in total.